The van der Waals surface area contributed by atoms with Gasteiger partial charge in [-0.1, -0.05) is 30.3 Å². The van der Waals surface area contributed by atoms with Crippen molar-refractivity contribution in [3.8, 4) is 0 Å². The van der Waals surface area contributed by atoms with Crippen molar-refractivity contribution in [1.82, 2.24) is 9.29 Å². The lowest BCUT2D eigenvalue weighted by atomic mass is 10.1. The van der Waals surface area contributed by atoms with Crippen molar-refractivity contribution in [3.63, 3.8) is 0 Å². The van der Waals surface area contributed by atoms with Gasteiger partial charge in [0.1, 0.15) is 5.82 Å². The van der Waals surface area contributed by atoms with Crippen LogP contribution in [0.2, 0.25) is 0 Å². The SMILES string of the molecule is CNCc1cn(S(=O)(=O)c2ccccc2)c2cc(Nc3ccc(C)cc3F)ccc12.Cl. The number of benzene rings is 3. The van der Waals surface area contributed by atoms with Crippen molar-refractivity contribution in [2.45, 2.75) is 18.4 Å². The third kappa shape index (κ3) is 4.44. The lowest BCUT2D eigenvalue weighted by Gasteiger charge is -2.11. The molecule has 3 aromatic carbocycles. The highest BCUT2D eigenvalue weighted by atomic mass is 35.5. The monoisotopic (exact) mass is 459 g/mol. The molecular formula is C23H23ClFN3O2S. The molecule has 0 unspecified atom stereocenters. The highest BCUT2D eigenvalue weighted by Gasteiger charge is 2.21. The highest BCUT2D eigenvalue weighted by Crippen LogP contribution is 2.30. The van der Waals surface area contributed by atoms with Crippen molar-refractivity contribution in [1.29, 1.82) is 0 Å². The first-order chi connectivity index (χ1) is 14.4. The van der Waals surface area contributed by atoms with Crippen LogP contribution >= 0.6 is 12.4 Å². The minimum Gasteiger partial charge on any atom is -0.353 e. The fourth-order valence-corrected chi connectivity index (χ4v) is 4.86. The zero-order valence-electron chi connectivity index (χ0n) is 17.1. The van der Waals surface area contributed by atoms with Gasteiger partial charge in [0.25, 0.3) is 10.0 Å². The van der Waals surface area contributed by atoms with Gasteiger partial charge in [0.05, 0.1) is 16.1 Å². The average Bonchev–Trinajstić information content (AvgIpc) is 3.10. The van der Waals surface area contributed by atoms with Gasteiger partial charge in [0, 0.05) is 23.8 Å². The predicted molar refractivity (Wildman–Crippen MR) is 125 cm³/mol. The molecule has 4 aromatic rings. The number of fused-ring (bicyclic) bond motifs is 1. The molecule has 162 valence electrons. The summed E-state index contributed by atoms with van der Waals surface area (Å²) in [6.45, 7) is 2.34. The number of aryl methyl sites for hydroxylation is 1. The molecule has 0 atom stereocenters. The summed E-state index contributed by atoms with van der Waals surface area (Å²) in [5.41, 5.74) is 3.15. The van der Waals surface area contributed by atoms with Gasteiger partial charge in [-0.25, -0.2) is 16.8 Å². The van der Waals surface area contributed by atoms with Gasteiger partial charge < -0.3 is 10.6 Å². The molecule has 0 fully saturated rings. The standard InChI is InChI=1S/C23H22FN3O2S.ClH/c1-16-8-11-22(21(24)12-16)26-18-9-10-20-17(14-25-2)15-27(23(20)13-18)30(28,29)19-6-4-3-5-7-19;/h3-13,15,25-26H,14H2,1-2H3;1H. The molecule has 1 heterocycles. The van der Waals surface area contributed by atoms with Gasteiger partial charge in [-0.3, -0.25) is 0 Å². The first-order valence-corrected chi connectivity index (χ1v) is 11.0. The Morgan fingerprint density at radius 2 is 1.74 bits per heavy atom. The number of nitrogens with zero attached hydrogens (tertiary/aromatic N) is 1. The number of halogens is 2. The second-order valence-electron chi connectivity index (χ2n) is 7.14. The Balaban J connectivity index is 0.00000272. The fraction of sp³-hybridized carbons (Fsp3) is 0.130. The molecule has 0 amide bonds. The van der Waals surface area contributed by atoms with Gasteiger partial charge in [-0.05, 0) is 61.5 Å². The molecule has 31 heavy (non-hydrogen) atoms. The normalized spacial score (nSPS) is 11.3. The Labute approximate surface area is 187 Å². The van der Waals surface area contributed by atoms with Crippen LogP contribution < -0.4 is 10.6 Å². The van der Waals surface area contributed by atoms with E-state index in [0.29, 0.717) is 23.4 Å². The molecule has 1 aromatic heterocycles. The zero-order chi connectivity index (χ0) is 21.3. The van der Waals surface area contributed by atoms with E-state index in [4.69, 9.17) is 0 Å². The molecule has 0 bridgehead atoms. The Morgan fingerprint density at radius 1 is 1.00 bits per heavy atom. The Hall–Kier alpha value is -2.87. The Kier molecular flexibility index (Phi) is 6.69. The van der Waals surface area contributed by atoms with Gasteiger partial charge in [-0.15, -0.1) is 12.4 Å². The van der Waals surface area contributed by atoms with Crippen LogP contribution in [0.25, 0.3) is 10.9 Å². The summed E-state index contributed by atoms with van der Waals surface area (Å²) >= 11 is 0. The van der Waals surface area contributed by atoms with E-state index in [2.05, 4.69) is 10.6 Å². The van der Waals surface area contributed by atoms with Crippen molar-refractivity contribution < 1.29 is 12.8 Å². The Morgan fingerprint density at radius 3 is 2.42 bits per heavy atom. The van der Waals surface area contributed by atoms with Crippen molar-refractivity contribution >= 4 is 44.7 Å². The van der Waals surface area contributed by atoms with Crippen LogP contribution in [-0.2, 0) is 16.6 Å². The van der Waals surface area contributed by atoms with Crippen LogP contribution in [0.4, 0.5) is 15.8 Å². The van der Waals surface area contributed by atoms with E-state index in [1.54, 1.807) is 48.7 Å². The molecule has 4 rings (SSSR count). The fourth-order valence-electron chi connectivity index (χ4n) is 3.46. The van der Waals surface area contributed by atoms with Crippen LogP contribution in [0.3, 0.4) is 0 Å². The summed E-state index contributed by atoms with van der Waals surface area (Å²) in [4.78, 5) is 0.209. The van der Waals surface area contributed by atoms with Crippen LogP contribution in [0.15, 0.2) is 77.8 Å². The summed E-state index contributed by atoms with van der Waals surface area (Å²) in [5.74, 6) is -0.363. The van der Waals surface area contributed by atoms with E-state index < -0.39 is 10.0 Å². The quantitative estimate of drug-likeness (QED) is 0.415. The number of hydrogen-bond acceptors (Lipinski definition) is 4. The molecule has 0 aliphatic heterocycles. The maximum Gasteiger partial charge on any atom is 0.268 e. The number of hydrogen-bond donors (Lipinski definition) is 2. The van der Waals surface area contributed by atoms with E-state index in [-0.39, 0.29) is 23.1 Å². The van der Waals surface area contributed by atoms with Crippen LogP contribution in [-0.4, -0.2) is 19.4 Å². The second-order valence-corrected chi connectivity index (χ2v) is 8.95. The van der Waals surface area contributed by atoms with E-state index in [1.807, 2.05) is 32.2 Å². The van der Waals surface area contributed by atoms with Gasteiger partial charge >= 0.3 is 0 Å². The number of rotatable bonds is 6. The molecule has 2 N–H and O–H groups in total. The second kappa shape index (κ2) is 9.09. The molecule has 0 aliphatic carbocycles. The molecular weight excluding hydrogens is 437 g/mol. The van der Waals surface area contributed by atoms with Crippen LogP contribution in [0, 0.1) is 12.7 Å². The third-order valence-electron chi connectivity index (χ3n) is 4.93. The molecule has 0 saturated heterocycles. The Bertz CT molecular complexity index is 1320. The summed E-state index contributed by atoms with van der Waals surface area (Å²) < 4.78 is 42.1. The van der Waals surface area contributed by atoms with Gasteiger partial charge in [0.15, 0.2) is 0 Å². The molecule has 8 heteroatoms. The van der Waals surface area contributed by atoms with Crippen LogP contribution in [0.1, 0.15) is 11.1 Å². The maximum atomic E-state index is 14.3. The molecule has 0 radical (unpaired) electrons. The summed E-state index contributed by atoms with van der Waals surface area (Å²) in [7, 11) is -1.97. The van der Waals surface area contributed by atoms with Crippen molar-refractivity contribution in [3.05, 3.63) is 89.9 Å². The first-order valence-electron chi connectivity index (χ1n) is 9.52. The predicted octanol–water partition coefficient (Wildman–Crippen LogP) is 5.21. The smallest absolute Gasteiger partial charge is 0.268 e. The van der Waals surface area contributed by atoms with Crippen molar-refractivity contribution in [2.24, 2.45) is 0 Å². The first kappa shape index (κ1) is 22.8. The molecule has 0 spiro atoms. The van der Waals surface area contributed by atoms with Gasteiger partial charge in [0.2, 0.25) is 0 Å². The minimum absolute atomic E-state index is 0. The van der Waals surface area contributed by atoms with E-state index in [1.165, 1.54) is 10.0 Å². The number of nitrogens with one attached hydrogen (secondary N) is 2. The summed E-state index contributed by atoms with van der Waals surface area (Å²) in [6.07, 6.45) is 1.64. The van der Waals surface area contributed by atoms with E-state index in [0.717, 1.165) is 16.5 Å². The highest BCUT2D eigenvalue weighted by molar-refractivity contribution is 7.90. The summed E-state index contributed by atoms with van der Waals surface area (Å²) in [5, 5.41) is 6.95. The van der Waals surface area contributed by atoms with Crippen molar-refractivity contribution in [2.75, 3.05) is 12.4 Å². The lowest BCUT2D eigenvalue weighted by molar-refractivity contribution is 0.589. The number of anilines is 2. The van der Waals surface area contributed by atoms with E-state index in [9.17, 15) is 12.8 Å². The zero-order valence-corrected chi connectivity index (χ0v) is 18.7. The van der Waals surface area contributed by atoms with Gasteiger partial charge in [-0.2, -0.15) is 0 Å². The molecule has 0 saturated carbocycles. The average molecular weight is 460 g/mol. The molecule has 5 nitrogen and oxygen atoms in total. The maximum absolute atomic E-state index is 14.3. The summed E-state index contributed by atoms with van der Waals surface area (Å²) in [6, 6.07) is 18.7. The van der Waals surface area contributed by atoms with E-state index >= 15 is 0 Å². The molecule has 0 aliphatic rings. The minimum atomic E-state index is -3.78. The number of aromatic nitrogens is 1. The topological polar surface area (TPSA) is 63.1 Å². The lowest BCUT2D eigenvalue weighted by Crippen LogP contribution is -2.12. The third-order valence-corrected chi connectivity index (χ3v) is 6.61. The van der Waals surface area contributed by atoms with Crippen LogP contribution in [0.5, 0.6) is 0 Å². The largest absolute Gasteiger partial charge is 0.353 e.